The van der Waals surface area contributed by atoms with E-state index in [0.29, 0.717) is 5.92 Å². The van der Waals surface area contributed by atoms with Crippen molar-refractivity contribution in [2.45, 2.75) is 19.3 Å². The average molecular weight is 293 g/mol. The van der Waals surface area contributed by atoms with E-state index in [-0.39, 0.29) is 0 Å². The summed E-state index contributed by atoms with van der Waals surface area (Å²) in [5.41, 5.74) is 2.97. The Kier molecular flexibility index (Phi) is 3.56. The van der Waals surface area contributed by atoms with Crippen LogP contribution in [0.4, 0.5) is 0 Å². The molecule has 4 rings (SSSR count). The van der Waals surface area contributed by atoms with Crippen molar-refractivity contribution >= 4 is 11.2 Å². The molecule has 112 valence electrons. The van der Waals surface area contributed by atoms with E-state index in [1.165, 1.54) is 12.8 Å². The predicted octanol–water partition coefficient (Wildman–Crippen LogP) is 2.36. The predicted molar refractivity (Wildman–Crippen MR) is 86.0 cm³/mol. The first-order valence-corrected chi connectivity index (χ1v) is 7.85. The van der Waals surface area contributed by atoms with Crippen LogP contribution in [0.2, 0.25) is 0 Å². The number of imidazole rings is 1. The molecule has 0 unspecified atom stereocenters. The van der Waals surface area contributed by atoms with E-state index in [9.17, 15) is 0 Å². The summed E-state index contributed by atoms with van der Waals surface area (Å²) in [6.45, 7) is 2.22. The molecule has 0 spiro atoms. The molecular weight excluding hydrogens is 274 g/mol. The first-order valence-electron chi connectivity index (χ1n) is 7.85. The van der Waals surface area contributed by atoms with Crippen molar-refractivity contribution in [3.63, 3.8) is 0 Å². The number of rotatable bonds is 3. The van der Waals surface area contributed by atoms with Crippen molar-refractivity contribution in [1.29, 1.82) is 0 Å². The fraction of sp³-hybridized carbons (Fsp3) is 0.353. The van der Waals surface area contributed by atoms with Crippen molar-refractivity contribution in [3.05, 3.63) is 48.7 Å². The summed E-state index contributed by atoms with van der Waals surface area (Å²) in [4.78, 5) is 13.5. The molecule has 1 saturated heterocycles. The van der Waals surface area contributed by atoms with Crippen LogP contribution in [-0.4, -0.2) is 32.6 Å². The molecule has 4 heterocycles. The summed E-state index contributed by atoms with van der Waals surface area (Å²) in [5, 5.41) is 3.43. The Hall–Kier alpha value is -2.27. The van der Waals surface area contributed by atoms with Crippen molar-refractivity contribution in [3.8, 4) is 5.69 Å². The minimum absolute atomic E-state index is 0.693. The van der Waals surface area contributed by atoms with Crippen molar-refractivity contribution in [2.24, 2.45) is 5.92 Å². The molecule has 5 heteroatoms. The zero-order valence-corrected chi connectivity index (χ0v) is 12.4. The first kappa shape index (κ1) is 13.4. The molecule has 22 heavy (non-hydrogen) atoms. The zero-order valence-electron chi connectivity index (χ0n) is 12.4. The minimum atomic E-state index is 0.693. The number of nitrogens with one attached hydrogen (secondary N) is 1. The lowest BCUT2D eigenvalue weighted by Crippen LogP contribution is -2.29. The third-order valence-electron chi connectivity index (χ3n) is 4.34. The molecule has 1 aliphatic rings. The molecule has 0 amide bonds. The number of pyridine rings is 2. The van der Waals surface area contributed by atoms with Gasteiger partial charge in [0.25, 0.3) is 0 Å². The van der Waals surface area contributed by atoms with Gasteiger partial charge in [-0.25, -0.2) is 9.97 Å². The van der Waals surface area contributed by atoms with Crippen LogP contribution in [-0.2, 0) is 6.42 Å². The van der Waals surface area contributed by atoms with E-state index in [1.54, 1.807) is 0 Å². The number of hydrogen-bond acceptors (Lipinski definition) is 4. The van der Waals surface area contributed by atoms with E-state index in [2.05, 4.69) is 19.9 Å². The second-order valence-electron chi connectivity index (χ2n) is 5.81. The molecule has 5 nitrogen and oxygen atoms in total. The number of hydrogen-bond donors (Lipinski definition) is 1. The van der Waals surface area contributed by atoms with Crippen LogP contribution in [0, 0.1) is 5.92 Å². The lowest BCUT2D eigenvalue weighted by atomic mass is 9.94. The van der Waals surface area contributed by atoms with Crippen molar-refractivity contribution < 1.29 is 0 Å². The largest absolute Gasteiger partial charge is 0.317 e. The molecule has 0 aliphatic carbocycles. The Morgan fingerprint density at radius 3 is 2.73 bits per heavy atom. The summed E-state index contributed by atoms with van der Waals surface area (Å²) < 4.78 is 2.18. The minimum Gasteiger partial charge on any atom is -0.317 e. The van der Waals surface area contributed by atoms with Crippen LogP contribution in [0.5, 0.6) is 0 Å². The quantitative estimate of drug-likeness (QED) is 0.805. The van der Waals surface area contributed by atoms with Gasteiger partial charge in [0.15, 0.2) is 5.65 Å². The van der Waals surface area contributed by atoms with E-state index in [4.69, 9.17) is 4.98 Å². The molecule has 0 atom stereocenters. The molecule has 0 saturated carbocycles. The molecule has 1 N–H and O–H groups in total. The van der Waals surface area contributed by atoms with Crippen LogP contribution in [0.25, 0.3) is 16.9 Å². The summed E-state index contributed by atoms with van der Waals surface area (Å²) in [6.07, 6.45) is 8.90. The molecule has 0 radical (unpaired) electrons. The molecule has 0 bridgehead atoms. The normalized spacial score (nSPS) is 16.2. The van der Waals surface area contributed by atoms with Gasteiger partial charge in [-0.05, 0) is 56.1 Å². The van der Waals surface area contributed by atoms with Gasteiger partial charge in [0.2, 0.25) is 0 Å². The van der Waals surface area contributed by atoms with Crippen LogP contribution >= 0.6 is 0 Å². The Morgan fingerprint density at radius 2 is 1.91 bits per heavy atom. The van der Waals surface area contributed by atoms with Crippen LogP contribution in [0.1, 0.15) is 18.7 Å². The zero-order chi connectivity index (χ0) is 14.8. The van der Waals surface area contributed by atoms with Gasteiger partial charge in [-0.3, -0.25) is 9.55 Å². The van der Waals surface area contributed by atoms with Crippen LogP contribution in [0.15, 0.2) is 42.9 Å². The Balaban J connectivity index is 1.79. The van der Waals surface area contributed by atoms with Gasteiger partial charge in [-0.2, -0.15) is 0 Å². The van der Waals surface area contributed by atoms with Gasteiger partial charge >= 0.3 is 0 Å². The third kappa shape index (κ3) is 2.48. The van der Waals surface area contributed by atoms with Crippen molar-refractivity contribution in [2.75, 3.05) is 13.1 Å². The lowest BCUT2D eigenvalue weighted by Gasteiger charge is -2.22. The molecule has 0 aromatic carbocycles. The SMILES string of the molecule is c1cnc2c(c1)nc(CC1CCNCC1)n2-c1ccncc1. The maximum Gasteiger partial charge on any atom is 0.164 e. The molecule has 1 fully saturated rings. The third-order valence-corrected chi connectivity index (χ3v) is 4.34. The summed E-state index contributed by atoms with van der Waals surface area (Å²) >= 11 is 0. The van der Waals surface area contributed by atoms with E-state index < -0.39 is 0 Å². The van der Waals surface area contributed by atoms with Gasteiger partial charge in [-0.15, -0.1) is 0 Å². The highest BCUT2D eigenvalue weighted by atomic mass is 15.1. The fourth-order valence-corrected chi connectivity index (χ4v) is 3.20. The number of nitrogens with zero attached hydrogens (tertiary/aromatic N) is 4. The van der Waals surface area contributed by atoms with Gasteiger partial charge in [0, 0.05) is 25.0 Å². The Labute approximate surface area is 129 Å². The highest BCUT2D eigenvalue weighted by molar-refractivity contribution is 5.73. The maximum absolute atomic E-state index is 4.84. The molecule has 3 aromatic rings. The van der Waals surface area contributed by atoms with Crippen LogP contribution < -0.4 is 5.32 Å². The number of fused-ring (bicyclic) bond motifs is 1. The molecular formula is C17H19N5. The highest BCUT2D eigenvalue weighted by Crippen LogP contribution is 2.24. The van der Waals surface area contributed by atoms with Gasteiger partial charge in [-0.1, -0.05) is 0 Å². The second-order valence-corrected chi connectivity index (χ2v) is 5.81. The topological polar surface area (TPSA) is 55.6 Å². The van der Waals surface area contributed by atoms with Crippen LogP contribution in [0.3, 0.4) is 0 Å². The monoisotopic (exact) mass is 293 g/mol. The van der Waals surface area contributed by atoms with Gasteiger partial charge in [0.1, 0.15) is 11.3 Å². The number of aromatic nitrogens is 4. The summed E-state index contributed by atoms with van der Waals surface area (Å²) in [6, 6.07) is 8.01. The Morgan fingerprint density at radius 1 is 1.09 bits per heavy atom. The first-order chi connectivity index (χ1) is 10.9. The Bertz CT molecular complexity index is 759. The van der Waals surface area contributed by atoms with E-state index in [0.717, 1.165) is 42.2 Å². The maximum atomic E-state index is 4.84. The second kappa shape index (κ2) is 5.85. The van der Waals surface area contributed by atoms with Gasteiger partial charge in [0.05, 0.1) is 5.69 Å². The summed E-state index contributed by atoms with van der Waals surface area (Å²) in [5.74, 6) is 1.80. The average Bonchev–Trinajstić information content (AvgIpc) is 2.94. The smallest absolute Gasteiger partial charge is 0.164 e. The molecule has 3 aromatic heterocycles. The molecule has 1 aliphatic heterocycles. The number of piperidine rings is 1. The highest BCUT2D eigenvalue weighted by Gasteiger charge is 2.19. The van der Waals surface area contributed by atoms with Crippen molar-refractivity contribution in [1.82, 2.24) is 24.8 Å². The van der Waals surface area contributed by atoms with Gasteiger partial charge < -0.3 is 5.32 Å². The fourth-order valence-electron chi connectivity index (χ4n) is 3.20. The van der Waals surface area contributed by atoms with E-state index in [1.807, 2.05) is 42.9 Å². The lowest BCUT2D eigenvalue weighted by molar-refractivity contribution is 0.366. The van der Waals surface area contributed by atoms with E-state index >= 15 is 0 Å². The standard InChI is InChI=1S/C17H19N5/c1-2-15-17(20-7-1)22(14-5-10-19-11-6-14)16(21-15)12-13-3-8-18-9-4-13/h1-2,5-7,10-11,13,18H,3-4,8-9,12H2. The summed E-state index contributed by atoms with van der Waals surface area (Å²) in [7, 11) is 0.